The van der Waals surface area contributed by atoms with Gasteiger partial charge in [-0.3, -0.25) is 4.79 Å². The lowest BCUT2D eigenvalue weighted by molar-refractivity contribution is 0.0696. The van der Waals surface area contributed by atoms with E-state index in [0.717, 1.165) is 8.04 Å². The zero-order chi connectivity index (χ0) is 15.6. The molecule has 0 aromatic heterocycles. The first-order valence-corrected chi connectivity index (χ1v) is 7.86. The van der Waals surface area contributed by atoms with E-state index < -0.39 is 5.97 Å². The standard InChI is InChI=1S/C15H11BrINO3/c1-8-6-10(3-4-11(8)15(20)21)18-14(19)12-7-9(16)2-5-13(12)17/h2-7H,1H3,(H,18,19)(H,20,21). The summed E-state index contributed by atoms with van der Waals surface area (Å²) in [5.74, 6) is -1.21. The number of amides is 1. The van der Waals surface area contributed by atoms with Crippen LogP contribution < -0.4 is 5.32 Å². The molecule has 2 N–H and O–H groups in total. The molecule has 4 nitrogen and oxygen atoms in total. The van der Waals surface area contributed by atoms with Gasteiger partial charge >= 0.3 is 5.97 Å². The first-order valence-electron chi connectivity index (χ1n) is 5.99. The molecule has 2 aromatic carbocycles. The molecule has 0 atom stereocenters. The third-order valence-electron chi connectivity index (χ3n) is 2.89. The number of hydrogen-bond acceptors (Lipinski definition) is 2. The Balaban J connectivity index is 2.26. The number of carbonyl (C=O) groups excluding carboxylic acids is 1. The van der Waals surface area contributed by atoms with Gasteiger partial charge in [-0.2, -0.15) is 0 Å². The highest BCUT2D eigenvalue weighted by molar-refractivity contribution is 14.1. The van der Waals surface area contributed by atoms with Gasteiger partial charge in [-0.15, -0.1) is 0 Å². The molecular formula is C15H11BrINO3. The Bertz CT molecular complexity index is 731. The fourth-order valence-corrected chi connectivity index (χ4v) is 2.79. The number of nitrogens with one attached hydrogen (secondary N) is 1. The zero-order valence-electron chi connectivity index (χ0n) is 11.0. The number of aromatic carboxylic acids is 1. The normalized spacial score (nSPS) is 10.2. The van der Waals surface area contributed by atoms with Crippen molar-refractivity contribution >= 4 is 56.1 Å². The van der Waals surface area contributed by atoms with Gasteiger partial charge in [0.25, 0.3) is 5.91 Å². The summed E-state index contributed by atoms with van der Waals surface area (Å²) in [7, 11) is 0. The highest BCUT2D eigenvalue weighted by Crippen LogP contribution is 2.21. The number of hydrogen-bond donors (Lipinski definition) is 2. The lowest BCUT2D eigenvalue weighted by Crippen LogP contribution is -2.14. The van der Waals surface area contributed by atoms with Gasteiger partial charge in [-0.1, -0.05) is 15.9 Å². The second-order valence-electron chi connectivity index (χ2n) is 4.41. The molecule has 2 aromatic rings. The summed E-state index contributed by atoms with van der Waals surface area (Å²) < 4.78 is 1.66. The summed E-state index contributed by atoms with van der Waals surface area (Å²) in [6.07, 6.45) is 0. The third-order valence-corrected chi connectivity index (χ3v) is 4.32. The summed E-state index contributed by atoms with van der Waals surface area (Å²) in [5, 5.41) is 11.8. The van der Waals surface area contributed by atoms with Crippen LogP contribution in [-0.4, -0.2) is 17.0 Å². The number of carbonyl (C=O) groups is 2. The number of carboxylic acid groups (broad SMARTS) is 1. The van der Waals surface area contributed by atoms with E-state index in [4.69, 9.17) is 5.11 Å². The van der Waals surface area contributed by atoms with Gasteiger partial charge in [-0.25, -0.2) is 4.79 Å². The molecule has 0 saturated heterocycles. The lowest BCUT2D eigenvalue weighted by Gasteiger charge is -2.09. The van der Waals surface area contributed by atoms with E-state index in [2.05, 4.69) is 43.8 Å². The zero-order valence-corrected chi connectivity index (χ0v) is 14.7. The Morgan fingerprint density at radius 3 is 2.48 bits per heavy atom. The van der Waals surface area contributed by atoms with Gasteiger partial charge in [0.1, 0.15) is 0 Å². The van der Waals surface area contributed by atoms with Crippen molar-refractivity contribution in [2.75, 3.05) is 5.32 Å². The van der Waals surface area contributed by atoms with Crippen LogP contribution in [0.15, 0.2) is 40.9 Å². The molecule has 0 spiro atoms. The highest BCUT2D eigenvalue weighted by atomic mass is 127. The van der Waals surface area contributed by atoms with Crippen molar-refractivity contribution in [1.29, 1.82) is 0 Å². The monoisotopic (exact) mass is 459 g/mol. The van der Waals surface area contributed by atoms with Crippen LogP contribution in [0.2, 0.25) is 0 Å². The average Bonchev–Trinajstić information content (AvgIpc) is 2.41. The molecule has 0 unspecified atom stereocenters. The molecule has 2 rings (SSSR count). The Labute approximate surface area is 143 Å². The Morgan fingerprint density at radius 2 is 1.86 bits per heavy atom. The van der Waals surface area contributed by atoms with E-state index >= 15 is 0 Å². The molecule has 0 radical (unpaired) electrons. The number of benzene rings is 2. The number of aryl methyl sites for hydroxylation is 1. The van der Waals surface area contributed by atoms with Crippen LogP contribution in [0.3, 0.4) is 0 Å². The summed E-state index contributed by atoms with van der Waals surface area (Å²) >= 11 is 5.43. The quantitative estimate of drug-likeness (QED) is 0.672. The van der Waals surface area contributed by atoms with E-state index in [0.29, 0.717) is 16.8 Å². The molecule has 0 saturated carbocycles. The molecule has 6 heteroatoms. The minimum Gasteiger partial charge on any atom is -0.478 e. The van der Waals surface area contributed by atoms with Crippen molar-refractivity contribution in [3.8, 4) is 0 Å². The summed E-state index contributed by atoms with van der Waals surface area (Å²) in [5.41, 5.74) is 1.96. The van der Waals surface area contributed by atoms with Crippen LogP contribution in [-0.2, 0) is 0 Å². The van der Waals surface area contributed by atoms with Crippen LogP contribution in [0, 0.1) is 10.5 Å². The smallest absolute Gasteiger partial charge is 0.335 e. The number of carboxylic acids is 1. The summed E-state index contributed by atoms with van der Waals surface area (Å²) in [6.45, 7) is 1.70. The Kier molecular flexibility index (Phi) is 5.00. The van der Waals surface area contributed by atoms with Crippen LogP contribution in [0.4, 0.5) is 5.69 Å². The highest BCUT2D eigenvalue weighted by Gasteiger charge is 2.12. The van der Waals surface area contributed by atoms with Crippen LogP contribution in [0.1, 0.15) is 26.3 Å². The van der Waals surface area contributed by atoms with Crippen molar-refractivity contribution in [2.45, 2.75) is 6.92 Å². The van der Waals surface area contributed by atoms with Crippen molar-refractivity contribution in [1.82, 2.24) is 0 Å². The number of rotatable bonds is 3. The summed E-state index contributed by atoms with van der Waals surface area (Å²) in [4.78, 5) is 23.2. The van der Waals surface area contributed by atoms with Gasteiger partial charge in [0.2, 0.25) is 0 Å². The fraction of sp³-hybridized carbons (Fsp3) is 0.0667. The van der Waals surface area contributed by atoms with Crippen molar-refractivity contribution in [3.05, 3.63) is 61.1 Å². The van der Waals surface area contributed by atoms with Crippen LogP contribution >= 0.6 is 38.5 Å². The molecule has 21 heavy (non-hydrogen) atoms. The first kappa shape index (κ1) is 16.0. The van der Waals surface area contributed by atoms with Gasteiger partial charge < -0.3 is 10.4 Å². The SMILES string of the molecule is Cc1cc(NC(=O)c2cc(Br)ccc2I)ccc1C(=O)O. The lowest BCUT2D eigenvalue weighted by atomic mass is 10.1. The summed E-state index contributed by atoms with van der Waals surface area (Å²) in [6, 6.07) is 10.2. The molecule has 108 valence electrons. The van der Waals surface area contributed by atoms with Crippen molar-refractivity contribution in [2.24, 2.45) is 0 Å². The van der Waals surface area contributed by atoms with Gasteiger partial charge in [0.05, 0.1) is 11.1 Å². The van der Waals surface area contributed by atoms with Gasteiger partial charge in [0, 0.05) is 13.7 Å². The number of halogens is 2. The van der Waals surface area contributed by atoms with E-state index in [9.17, 15) is 9.59 Å². The minimum absolute atomic E-state index is 0.227. The maximum atomic E-state index is 12.3. The van der Waals surface area contributed by atoms with Crippen molar-refractivity contribution < 1.29 is 14.7 Å². The predicted molar refractivity (Wildman–Crippen MR) is 93.0 cm³/mol. The maximum absolute atomic E-state index is 12.3. The Morgan fingerprint density at radius 1 is 1.14 bits per heavy atom. The molecule has 0 heterocycles. The van der Waals surface area contributed by atoms with E-state index in [1.54, 1.807) is 25.1 Å². The van der Waals surface area contributed by atoms with Crippen molar-refractivity contribution in [3.63, 3.8) is 0 Å². The molecule has 1 amide bonds. The first-order chi connectivity index (χ1) is 9.88. The molecule has 0 aliphatic carbocycles. The van der Waals surface area contributed by atoms with E-state index in [1.807, 2.05) is 12.1 Å². The Hall–Kier alpha value is -1.41. The van der Waals surface area contributed by atoms with Gasteiger partial charge in [0.15, 0.2) is 0 Å². The van der Waals surface area contributed by atoms with E-state index in [1.165, 1.54) is 6.07 Å². The maximum Gasteiger partial charge on any atom is 0.335 e. The van der Waals surface area contributed by atoms with E-state index in [-0.39, 0.29) is 11.5 Å². The third kappa shape index (κ3) is 3.82. The molecular weight excluding hydrogens is 449 g/mol. The number of anilines is 1. The largest absolute Gasteiger partial charge is 0.478 e. The predicted octanol–water partition coefficient (Wildman–Crippen LogP) is 4.31. The molecule has 0 fully saturated rings. The topological polar surface area (TPSA) is 66.4 Å². The average molecular weight is 460 g/mol. The molecule has 0 aliphatic heterocycles. The molecule has 0 bridgehead atoms. The fourth-order valence-electron chi connectivity index (χ4n) is 1.85. The second kappa shape index (κ2) is 6.57. The van der Waals surface area contributed by atoms with Gasteiger partial charge in [-0.05, 0) is 71.5 Å². The second-order valence-corrected chi connectivity index (χ2v) is 6.49. The molecule has 0 aliphatic rings. The minimum atomic E-state index is -0.980. The van der Waals surface area contributed by atoms with Crippen LogP contribution in [0.25, 0.3) is 0 Å². The van der Waals surface area contributed by atoms with Crippen LogP contribution in [0.5, 0.6) is 0 Å².